The van der Waals surface area contributed by atoms with Crippen LogP contribution in [-0.2, 0) is 5.41 Å². The summed E-state index contributed by atoms with van der Waals surface area (Å²) in [4.78, 5) is 2.40. The Hall–Kier alpha value is -6.84. The molecule has 10 aromatic rings. The molecule has 256 valence electrons. The van der Waals surface area contributed by atoms with Gasteiger partial charge in [-0.25, -0.2) is 0 Å². The largest absolute Gasteiger partial charge is 0.456 e. The van der Waals surface area contributed by atoms with Crippen molar-refractivity contribution in [3.05, 3.63) is 187 Å². The maximum atomic E-state index is 6.56. The standard InChI is InChI=1S/C51H35NO2/c1-51(2)44-20-9-6-15-37(44)38-28-27-35(29-45(38)51)52(34-25-23-33(24-26-34)36-18-12-19-41-39-16-7-11-22-48(39)54-50(36)41)46-31-49-43(40-17-8-10-21-47(40)53-49)30-42(46)32-13-4-3-5-14-32/h3-31H,1-2H3. The van der Waals surface area contributed by atoms with E-state index in [1.807, 2.05) is 18.2 Å². The van der Waals surface area contributed by atoms with Gasteiger partial charge in [0.1, 0.15) is 22.3 Å². The molecule has 1 aliphatic carbocycles. The number of hydrogen-bond donors (Lipinski definition) is 0. The molecule has 0 aliphatic heterocycles. The molecule has 3 heteroatoms. The maximum absolute atomic E-state index is 6.56. The molecular formula is C51H35NO2. The Morgan fingerprint density at radius 2 is 1.00 bits per heavy atom. The van der Waals surface area contributed by atoms with Gasteiger partial charge in [0.2, 0.25) is 0 Å². The van der Waals surface area contributed by atoms with Gasteiger partial charge in [0, 0.05) is 55.5 Å². The number of anilines is 3. The van der Waals surface area contributed by atoms with Crippen molar-refractivity contribution in [3.8, 4) is 33.4 Å². The summed E-state index contributed by atoms with van der Waals surface area (Å²) in [5.74, 6) is 0. The van der Waals surface area contributed by atoms with E-state index in [1.165, 1.54) is 22.3 Å². The van der Waals surface area contributed by atoms with Gasteiger partial charge in [-0.3, -0.25) is 0 Å². The summed E-state index contributed by atoms with van der Waals surface area (Å²) < 4.78 is 13.0. The van der Waals surface area contributed by atoms with Gasteiger partial charge in [-0.2, -0.15) is 0 Å². The second kappa shape index (κ2) is 11.6. The van der Waals surface area contributed by atoms with Crippen molar-refractivity contribution >= 4 is 60.9 Å². The highest BCUT2D eigenvalue weighted by molar-refractivity contribution is 6.11. The first-order valence-electron chi connectivity index (χ1n) is 18.6. The van der Waals surface area contributed by atoms with E-state index in [-0.39, 0.29) is 5.41 Å². The fraction of sp³-hybridized carbons (Fsp3) is 0.0588. The zero-order valence-corrected chi connectivity index (χ0v) is 30.0. The van der Waals surface area contributed by atoms with Crippen LogP contribution in [0, 0.1) is 0 Å². The molecule has 0 bridgehead atoms. The lowest BCUT2D eigenvalue weighted by atomic mass is 9.82. The Kier molecular flexibility index (Phi) is 6.60. The van der Waals surface area contributed by atoms with E-state index in [1.54, 1.807) is 0 Å². The second-order valence-corrected chi connectivity index (χ2v) is 14.9. The van der Waals surface area contributed by atoms with Gasteiger partial charge in [-0.05, 0) is 75.8 Å². The molecule has 0 N–H and O–H groups in total. The molecule has 0 unspecified atom stereocenters. The zero-order valence-electron chi connectivity index (χ0n) is 30.0. The normalized spacial score (nSPS) is 13.1. The summed E-state index contributed by atoms with van der Waals surface area (Å²) in [5, 5.41) is 4.48. The molecule has 0 saturated carbocycles. The number of nitrogens with zero attached hydrogens (tertiary/aromatic N) is 1. The lowest BCUT2D eigenvalue weighted by Gasteiger charge is -2.30. The van der Waals surface area contributed by atoms with Crippen LogP contribution >= 0.6 is 0 Å². The Labute approximate surface area is 313 Å². The summed E-state index contributed by atoms with van der Waals surface area (Å²) in [5.41, 5.74) is 16.4. The molecule has 0 atom stereocenters. The third-order valence-electron chi connectivity index (χ3n) is 11.5. The van der Waals surface area contributed by atoms with Crippen LogP contribution in [0.5, 0.6) is 0 Å². The summed E-state index contributed by atoms with van der Waals surface area (Å²) in [6, 6.07) is 63.0. The molecule has 0 spiro atoms. The van der Waals surface area contributed by atoms with Crippen LogP contribution in [0.4, 0.5) is 17.1 Å². The topological polar surface area (TPSA) is 29.5 Å². The molecule has 0 radical (unpaired) electrons. The van der Waals surface area contributed by atoms with Crippen molar-refractivity contribution in [1.82, 2.24) is 0 Å². The number of hydrogen-bond acceptors (Lipinski definition) is 3. The van der Waals surface area contributed by atoms with Gasteiger partial charge in [-0.1, -0.05) is 141 Å². The van der Waals surface area contributed by atoms with Gasteiger partial charge in [0.15, 0.2) is 0 Å². The predicted octanol–water partition coefficient (Wildman–Crippen LogP) is 14.6. The van der Waals surface area contributed by atoms with Crippen molar-refractivity contribution in [2.75, 3.05) is 4.90 Å². The highest BCUT2D eigenvalue weighted by Crippen LogP contribution is 2.52. The quantitative estimate of drug-likeness (QED) is 0.180. The molecule has 11 rings (SSSR count). The smallest absolute Gasteiger partial charge is 0.143 e. The second-order valence-electron chi connectivity index (χ2n) is 14.9. The number of benzene rings is 8. The molecule has 54 heavy (non-hydrogen) atoms. The predicted molar refractivity (Wildman–Crippen MR) is 224 cm³/mol. The third kappa shape index (κ3) is 4.55. The monoisotopic (exact) mass is 693 g/mol. The van der Waals surface area contributed by atoms with Gasteiger partial charge >= 0.3 is 0 Å². The van der Waals surface area contributed by atoms with E-state index in [0.29, 0.717) is 0 Å². The van der Waals surface area contributed by atoms with Crippen molar-refractivity contribution in [2.24, 2.45) is 0 Å². The van der Waals surface area contributed by atoms with Gasteiger partial charge < -0.3 is 13.7 Å². The van der Waals surface area contributed by atoms with Crippen LogP contribution in [-0.4, -0.2) is 0 Å². The molecule has 0 fully saturated rings. The first-order chi connectivity index (χ1) is 26.5. The molecule has 2 heterocycles. The van der Waals surface area contributed by atoms with Crippen LogP contribution in [0.3, 0.4) is 0 Å². The van der Waals surface area contributed by atoms with E-state index in [0.717, 1.165) is 83.2 Å². The van der Waals surface area contributed by atoms with Crippen LogP contribution in [0.25, 0.3) is 77.3 Å². The number of para-hydroxylation sites is 3. The van der Waals surface area contributed by atoms with Gasteiger partial charge in [0.05, 0.1) is 5.69 Å². The van der Waals surface area contributed by atoms with E-state index < -0.39 is 0 Å². The lowest BCUT2D eigenvalue weighted by Crippen LogP contribution is -2.17. The maximum Gasteiger partial charge on any atom is 0.143 e. The average Bonchev–Trinajstić information content (AvgIpc) is 3.86. The van der Waals surface area contributed by atoms with Crippen molar-refractivity contribution < 1.29 is 8.83 Å². The average molecular weight is 694 g/mol. The minimum absolute atomic E-state index is 0.145. The molecular weight excluding hydrogens is 659 g/mol. The Balaban J connectivity index is 1.14. The minimum atomic E-state index is -0.145. The number of rotatable bonds is 5. The van der Waals surface area contributed by atoms with Crippen LogP contribution in [0.2, 0.25) is 0 Å². The van der Waals surface area contributed by atoms with Gasteiger partial charge in [-0.15, -0.1) is 0 Å². The number of furan rings is 2. The SMILES string of the molecule is CC1(C)c2ccccc2-c2ccc(N(c3ccc(-c4cccc5c4oc4ccccc45)cc3)c3cc4oc5ccccc5c4cc3-c3ccccc3)cc21. The summed E-state index contributed by atoms with van der Waals surface area (Å²) in [6.07, 6.45) is 0. The van der Waals surface area contributed by atoms with Crippen molar-refractivity contribution in [3.63, 3.8) is 0 Å². The fourth-order valence-electron chi connectivity index (χ4n) is 8.82. The lowest BCUT2D eigenvalue weighted by molar-refractivity contribution is 0.660. The Bertz CT molecular complexity index is 3070. The molecule has 1 aliphatic rings. The van der Waals surface area contributed by atoms with Crippen LogP contribution < -0.4 is 4.90 Å². The van der Waals surface area contributed by atoms with Crippen molar-refractivity contribution in [1.29, 1.82) is 0 Å². The third-order valence-corrected chi connectivity index (χ3v) is 11.5. The highest BCUT2D eigenvalue weighted by Gasteiger charge is 2.36. The minimum Gasteiger partial charge on any atom is -0.456 e. The highest BCUT2D eigenvalue weighted by atomic mass is 16.3. The van der Waals surface area contributed by atoms with E-state index >= 15 is 0 Å². The first kappa shape index (κ1) is 30.8. The summed E-state index contributed by atoms with van der Waals surface area (Å²) in [7, 11) is 0. The molecule has 3 nitrogen and oxygen atoms in total. The molecule has 0 saturated heterocycles. The number of fused-ring (bicyclic) bond motifs is 9. The van der Waals surface area contributed by atoms with Crippen molar-refractivity contribution in [2.45, 2.75) is 19.3 Å². The first-order valence-corrected chi connectivity index (χ1v) is 18.6. The van der Waals surface area contributed by atoms with E-state index in [4.69, 9.17) is 8.83 Å². The molecule has 0 amide bonds. The van der Waals surface area contributed by atoms with Crippen LogP contribution in [0.1, 0.15) is 25.0 Å². The van der Waals surface area contributed by atoms with E-state index in [2.05, 4.69) is 176 Å². The van der Waals surface area contributed by atoms with E-state index in [9.17, 15) is 0 Å². The Morgan fingerprint density at radius 1 is 0.389 bits per heavy atom. The Morgan fingerprint density at radius 3 is 1.81 bits per heavy atom. The summed E-state index contributed by atoms with van der Waals surface area (Å²) in [6.45, 7) is 4.68. The zero-order chi connectivity index (χ0) is 36.0. The summed E-state index contributed by atoms with van der Waals surface area (Å²) >= 11 is 0. The molecule has 2 aromatic heterocycles. The van der Waals surface area contributed by atoms with Crippen LogP contribution in [0.15, 0.2) is 185 Å². The molecule has 8 aromatic carbocycles. The fourth-order valence-corrected chi connectivity index (χ4v) is 8.82. The van der Waals surface area contributed by atoms with Gasteiger partial charge in [0.25, 0.3) is 0 Å².